The minimum absolute atomic E-state index is 0.0852. The van der Waals surface area contributed by atoms with Crippen molar-refractivity contribution in [3.05, 3.63) is 70.3 Å². The van der Waals surface area contributed by atoms with E-state index in [2.05, 4.69) is 36.9 Å². The standard InChI is InChI=1S/C37H45ClF2N4O6S/c1-23-5-3-7-32(48-2)29-11-8-26(29)17-44-21-37(14-4-6-24-15-27(38)10-12-30(24)37)22-49-33-13-9-25(16-31(33)44)34(45)41-51(47,20-23)42-36(46)43-18-28(19-43)50-35(39)40/h3,7,9-10,12-13,15-16,23,26,28-29,32,35H,4-6,8,11,14,17-22H2,1-2H3,(H,41,42,45,46,47)/b7-3+/t23-,26-,29+,32-,37-,51-/m0/s1. The molecule has 1 saturated heterocycles. The maximum absolute atomic E-state index is 14.4. The second-order valence-corrected chi connectivity index (χ2v) is 17.2. The molecule has 2 bridgehead atoms. The van der Waals surface area contributed by atoms with E-state index in [9.17, 15) is 22.6 Å². The lowest BCUT2D eigenvalue weighted by Gasteiger charge is -2.46. The van der Waals surface area contributed by atoms with Crippen LogP contribution in [0.3, 0.4) is 0 Å². The molecule has 2 aromatic rings. The number of rotatable bonds is 4. The summed E-state index contributed by atoms with van der Waals surface area (Å²) in [7, 11) is -1.90. The molecular formula is C37H45ClF2N4O6S. The summed E-state index contributed by atoms with van der Waals surface area (Å²) in [6.45, 7) is 0.645. The molecule has 3 heterocycles. The van der Waals surface area contributed by atoms with Crippen LogP contribution in [0.2, 0.25) is 5.02 Å². The van der Waals surface area contributed by atoms with Crippen LogP contribution in [0.25, 0.3) is 0 Å². The molecule has 3 aliphatic heterocycles. The molecule has 2 fully saturated rings. The highest BCUT2D eigenvalue weighted by molar-refractivity contribution is 7.92. The zero-order valence-electron chi connectivity index (χ0n) is 28.9. The number of amides is 3. The lowest BCUT2D eigenvalue weighted by atomic mass is 9.68. The molecule has 0 aromatic heterocycles. The number of nitrogens with zero attached hydrogens (tertiary/aromatic N) is 3. The third-order valence-corrected chi connectivity index (χ3v) is 13.4. The van der Waals surface area contributed by atoms with Crippen molar-refractivity contribution in [1.29, 1.82) is 0 Å². The number of urea groups is 1. The lowest BCUT2D eigenvalue weighted by molar-refractivity contribution is -0.189. The summed E-state index contributed by atoms with van der Waals surface area (Å²) in [6.07, 6.45) is 8.68. The van der Waals surface area contributed by atoms with Crippen LogP contribution in [0.5, 0.6) is 5.75 Å². The van der Waals surface area contributed by atoms with Gasteiger partial charge in [-0.05, 0) is 97.7 Å². The number of hydrogen-bond donors (Lipinski definition) is 1. The molecule has 3 amide bonds. The average Bonchev–Trinajstić information content (AvgIpc) is 3.19. The van der Waals surface area contributed by atoms with Crippen molar-refractivity contribution in [3.63, 3.8) is 0 Å². The van der Waals surface area contributed by atoms with Crippen LogP contribution in [0, 0.1) is 17.8 Å². The number of allylic oxidation sites excluding steroid dienone is 1. The molecule has 14 heteroatoms. The highest BCUT2D eigenvalue weighted by Crippen LogP contribution is 2.47. The van der Waals surface area contributed by atoms with E-state index in [1.165, 1.54) is 16.0 Å². The van der Waals surface area contributed by atoms with Crippen LogP contribution >= 0.6 is 11.6 Å². The number of methoxy groups -OCH3 is 1. The quantitative estimate of drug-likeness (QED) is 0.351. The summed E-state index contributed by atoms with van der Waals surface area (Å²) in [6, 6.07) is 10.6. The first-order chi connectivity index (χ1) is 24.4. The minimum Gasteiger partial charge on any atom is -0.490 e. The van der Waals surface area contributed by atoms with Crippen molar-refractivity contribution in [3.8, 4) is 5.75 Å². The van der Waals surface area contributed by atoms with E-state index in [-0.39, 0.29) is 41.8 Å². The van der Waals surface area contributed by atoms with Gasteiger partial charge >= 0.3 is 12.6 Å². The fourth-order valence-corrected chi connectivity index (χ4v) is 10.5. The number of hydrogen-bond acceptors (Lipinski definition) is 7. The van der Waals surface area contributed by atoms with E-state index in [0.717, 1.165) is 44.3 Å². The van der Waals surface area contributed by atoms with Crippen LogP contribution in [0.15, 0.2) is 52.9 Å². The molecule has 10 nitrogen and oxygen atoms in total. The number of nitrogens with one attached hydrogen (secondary N) is 1. The van der Waals surface area contributed by atoms with Gasteiger partial charge in [-0.1, -0.05) is 36.7 Å². The number of carbonyl (C=O) groups excluding carboxylic acids is 2. The van der Waals surface area contributed by atoms with Gasteiger partial charge in [0.25, 0.3) is 5.91 Å². The third kappa shape index (κ3) is 7.63. The molecule has 5 aliphatic rings. The van der Waals surface area contributed by atoms with E-state index in [1.54, 1.807) is 25.3 Å². The Morgan fingerprint density at radius 1 is 1.18 bits per heavy atom. The van der Waals surface area contributed by atoms with Gasteiger partial charge < -0.3 is 24.0 Å². The van der Waals surface area contributed by atoms with Crippen LogP contribution in [-0.2, 0) is 31.2 Å². The van der Waals surface area contributed by atoms with Gasteiger partial charge in [0.15, 0.2) is 0 Å². The Morgan fingerprint density at radius 3 is 2.75 bits per heavy atom. The van der Waals surface area contributed by atoms with E-state index in [1.807, 2.05) is 19.1 Å². The van der Waals surface area contributed by atoms with Gasteiger partial charge in [0.05, 0.1) is 43.3 Å². The molecule has 2 aromatic carbocycles. The van der Waals surface area contributed by atoms with Gasteiger partial charge in [0, 0.05) is 36.2 Å². The Bertz CT molecular complexity index is 1810. The van der Waals surface area contributed by atoms with E-state index in [4.69, 9.17) is 21.1 Å². The predicted octanol–water partition coefficient (Wildman–Crippen LogP) is 6.61. The molecule has 6 atom stereocenters. The first-order valence-corrected chi connectivity index (χ1v) is 19.8. The van der Waals surface area contributed by atoms with Crippen molar-refractivity contribution in [2.75, 3.05) is 50.5 Å². The van der Waals surface area contributed by atoms with Gasteiger partial charge in [-0.3, -0.25) is 9.52 Å². The van der Waals surface area contributed by atoms with Gasteiger partial charge in [-0.15, -0.1) is 4.36 Å². The number of likely N-dealkylation sites (tertiary alicyclic amines) is 1. The van der Waals surface area contributed by atoms with Crippen LogP contribution < -0.4 is 14.4 Å². The summed E-state index contributed by atoms with van der Waals surface area (Å²) in [5.41, 5.74) is 3.18. The maximum atomic E-state index is 14.4. The zero-order valence-corrected chi connectivity index (χ0v) is 30.5. The zero-order chi connectivity index (χ0) is 35.9. The summed E-state index contributed by atoms with van der Waals surface area (Å²) in [5.74, 6) is 0.276. The first-order valence-electron chi connectivity index (χ1n) is 17.7. The van der Waals surface area contributed by atoms with Gasteiger partial charge in [0.1, 0.15) is 15.7 Å². The van der Waals surface area contributed by atoms with E-state index < -0.39 is 34.6 Å². The SMILES string of the molecule is CO[C@H]1/C=C/C[C@H](C)C[S@@](=O)(NC(=O)N2CC(OC(F)F)C2)=NC(=O)c2ccc3c(c2)N(C[C@@H]2CC[C@H]21)C[C@@]1(CCCc2cc(Cl)ccc21)CO3. The first kappa shape index (κ1) is 36.1. The third-order valence-electron chi connectivity index (χ3n) is 11.2. The largest absolute Gasteiger partial charge is 0.490 e. The molecule has 276 valence electrons. The molecule has 1 saturated carbocycles. The number of fused-ring (bicyclic) bond motifs is 4. The average molecular weight is 747 g/mol. The number of ether oxygens (including phenoxy) is 3. The molecule has 1 spiro atoms. The smallest absolute Gasteiger partial charge is 0.345 e. The molecule has 0 radical (unpaired) electrons. The Labute approximate surface area is 303 Å². The van der Waals surface area contributed by atoms with Crippen LogP contribution in [0.1, 0.15) is 60.5 Å². The Kier molecular flexibility index (Phi) is 10.4. The highest BCUT2D eigenvalue weighted by atomic mass is 35.5. The van der Waals surface area contributed by atoms with Gasteiger partial charge in [-0.25, -0.2) is 9.00 Å². The topological polar surface area (TPSA) is 110 Å². The number of alkyl halides is 2. The van der Waals surface area contributed by atoms with Gasteiger partial charge in [0.2, 0.25) is 0 Å². The Balaban J connectivity index is 1.25. The van der Waals surface area contributed by atoms with Crippen molar-refractivity contribution >= 4 is 39.1 Å². The van der Waals surface area contributed by atoms with Crippen molar-refractivity contribution in [2.45, 2.75) is 69.7 Å². The van der Waals surface area contributed by atoms with Crippen LogP contribution in [-0.4, -0.2) is 85.5 Å². The number of benzene rings is 2. The van der Waals surface area contributed by atoms with Crippen molar-refractivity contribution in [2.24, 2.45) is 22.1 Å². The van der Waals surface area contributed by atoms with Gasteiger partial charge in [-0.2, -0.15) is 8.78 Å². The van der Waals surface area contributed by atoms with E-state index in [0.29, 0.717) is 42.2 Å². The second kappa shape index (κ2) is 14.6. The molecule has 51 heavy (non-hydrogen) atoms. The fraction of sp³-hybridized carbons (Fsp3) is 0.568. The van der Waals surface area contributed by atoms with Crippen molar-refractivity contribution in [1.82, 2.24) is 9.62 Å². The van der Waals surface area contributed by atoms with Crippen LogP contribution in [0.4, 0.5) is 19.3 Å². The molecule has 7 rings (SSSR count). The minimum atomic E-state index is -3.63. The molecule has 2 aliphatic carbocycles. The second-order valence-electron chi connectivity index (χ2n) is 14.8. The summed E-state index contributed by atoms with van der Waals surface area (Å²) >= 11 is 6.43. The number of carbonyl (C=O) groups is 2. The Morgan fingerprint density at radius 2 is 2.00 bits per heavy atom. The normalized spacial score (nSPS) is 31.7. The number of anilines is 1. The Hall–Kier alpha value is -3.26. The lowest BCUT2D eigenvalue weighted by Crippen LogP contribution is -2.59. The number of aryl methyl sites for hydroxylation is 1. The molecule has 0 unspecified atom stereocenters. The maximum Gasteiger partial charge on any atom is 0.345 e. The summed E-state index contributed by atoms with van der Waals surface area (Å²) in [5, 5.41) is 0.716. The summed E-state index contributed by atoms with van der Waals surface area (Å²) < 4.78 is 63.4. The van der Waals surface area contributed by atoms with E-state index >= 15 is 0 Å². The predicted molar refractivity (Wildman–Crippen MR) is 191 cm³/mol. The molecule has 1 N–H and O–H groups in total. The number of halogens is 3. The summed E-state index contributed by atoms with van der Waals surface area (Å²) in [4.78, 5) is 30.6. The molecular weight excluding hydrogens is 702 g/mol. The fourth-order valence-electron chi connectivity index (χ4n) is 8.40. The van der Waals surface area contributed by atoms with Crippen molar-refractivity contribution < 1.29 is 36.8 Å². The highest BCUT2D eigenvalue weighted by Gasteiger charge is 2.44. The monoisotopic (exact) mass is 746 g/mol.